The fourth-order valence-electron chi connectivity index (χ4n) is 5.11. The fraction of sp³-hybridized carbons (Fsp3) is 0.517. The van der Waals surface area contributed by atoms with Gasteiger partial charge in [-0.15, -0.1) is 0 Å². The second kappa shape index (κ2) is 11.5. The quantitative estimate of drug-likeness (QED) is 0.629. The van der Waals surface area contributed by atoms with Crippen molar-refractivity contribution in [3.63, 3.8) is 0 Å². The number of aromatic nitrogens is 1. The van der Waals surface area contributed by atoms with Crippen molar-refractivity contribution in [2.75, 3.05) is 19.6 Å². The lowest BCUT2D eigenvalue weighted by Gasteiger charge is -2.42. The number of piperazine rings is 1. The van der Waals surface area contributed by atoms with Crippen molar-refractivity contribution in [1.29, 1.82) is 0 Å². The number of hydrogen-bond donors (Lipinski definition) is 1. The summed E-state index contributed by atoms with van der Waals surface area (Å²) in [6.07, 6.45) is 4.03. The molecule has 2 heterocycles. The summed E-state index contributed by atoms with van der Waals surface area (Å²) >= 11 is 0. The Labute approximate surface area is 223 Å². The highest BCUT2D eigenvalue weighted by Crippen LogP contribution is 2.28. The van der Waals surface area contributed by atoms with Crippen LogP contribution in [0.3, 0.4) is 0 Å². The second-order valence-electron chi connectivity index (χ2n) is 11.3. The molecule has 1 aliphatic heterocycles. The van der Waals surface area contributed by atoms with Crippen molar-refractivity contribution in [3.8, 4) is 11.3 Å². The summed E-state index contributed by atoms with van der Waals surface area (Å²) in [5.41, 5.74) is 1.14. The maximum absolute atomic E-state index is 13.5. The summed E-state index contributed by atoms with van der Waals surface area (Å²) in [7, 11) is 0. The fourth-order valence-corrected chi connectivity index (χ4v) is 5.11. The molecule has 0 bridgehead atoms. The lowest BCUT2D eigenvalue weighted by atomic mass is 9.84. The van der Waals surface area contributed by atoms with E-state index in [0.717, 1.165) is 12.8 Å². The molecule has 2 fully saturated rings. The van der Waals surface area contributed by atoms with E-state index in [9.17, 15) is 18.8 Å². The van der Waals surface area contributed by atoms with E-state index in [2.05, 4.69) is 10.3 Å². The van der Waals surface area contributed by atoms with Gasteiger partial charge in [-0.3, -0.25) is 14.6 Å². The molecular formula is C29H37FN4O4. The molecule has 0 unspecified atom stereocenters. The summed E-state index contributed by atoms with van der Waals surface area (Å²) in [6.45, 7) is 8.90. The predicted molar refractivity (Wildman–Crippen MR) is 142 cm³/mol. The molecule has 1 aromatic heterocycles. The van der Waals surface area contributed by atoms with Crippen LogP contribution in [0, 0.1) is 11.7 Å². The third kappa shape index (κ3) is 6.88. The first kappa shape index (κ1) is 27.5. The highest BCUT2D eigenvalue weighted by Gasteiger charge is 2.36. The minimum absolute atomic E-state index is 0.00381. The molecule has 0 spiro atoms. The first-order valence-electron chi connectivity index (χ1n) is 13.3. The zero-order valence-electron chi connectivity index (χ0n) is 22.6. The Morgan fingerprint density at radius 1 is 1.05 bits per heavy atom. The van der Waals surface area contributed by atoms with E-state index in [-0.39, 0.29) is 41.7 Å². The molecule has 3 amide bonds. The summed E-state index contributed by atoms with van der Waals surface area (Å²) in [5, 5.41) is 3.07. The van der Waals surface area contributed by atoms with Crippen LogP contribution in [0.25, 0.3) is 11.3 Å². The number of carbonyl (C=O) groups excluding carboxylic acids is 3. The number of nitrogens with one attached hydrogen (secondary N) is 1. The Morgan fingerprint density at radius 3 is 2.39 bits per heavy atom. The highest BCUT2D eigenvalue weighted by atomic mass is 19.1. The van der Waals surface area contributed by atoms with Crippen molar-refractivity contribution < 1.29 is 23.5 Å². The van der Waals surface area contributed by atoms with Gasteiger partial charge in [0.05, 0.1) is 11.3 Å². The molecule has 204 valence electrons. The van der Waals surface area contributed by atoms with Gasteiger partial charge in [-0.1, -0.05) is 12.1 Å². The number of carbonyl (C=O) groups is 3. The SMILES string of the molecule is C[C@@H]1CN(C(=O)OC(C)(C)C)CCN1C(=O)[C@H]1CC[C@H](NC(=O)c2ccc(-c3cccc(F)c3)nc2)CC1. The molecule has 1 saturated carbocycles. The van der Waals surface area contributed by atoms with Gasteiger partial charge in [0.25, 0.3) is 5.91 Å². The van der Waals surface area contributed by atoms with Gasteiger partial charge in [-0.05, 0) is 77.6 Å². The van der Waals surface area contributed by atoms with Crippen LogP contribution in [0.15, 0.2) is 42.6 Å². The molecule has 1 aromatic carbocycles. The van der Waals surface area contributed by atoms with E-state index in [0.29, 0.717) is 49.3 Å². The number of nitrogens with zero attached hydrogens (tertiary/aromatic N) is 3. The predicted octanol–water partition coefficient (Wildman–Crippen LogP) is 4.64. The Hall–Kier alpha value is -3.49. The number of halogens is 1. The molecule has 2 aromatic rings. The molecule has 9 heteroatoms. The molecule has 8 nitrogen and oxygen atoms in total. The van der Waals surface area contributed by atoms with Gasteiger partial charge in [0, 0.05) is 49.4 Å². The average Bonchev–Trinajstić information content (AvgIpc) is 2.88. The lowest BCUT2D eigenvalue weighted by Crippen LogP contribution is -2.57. The second-order valence-corrected chi connectivity index (χ2v) is 11.3. The molecule has 4 rings (SSSR count). The maximum Gasteiger partial charge on any atom is 0.410 e. The molecule has 2 aliphatic rings. The van der Waals surface area contributed by atoms with Crippen molar-refractivity contribution in [2.24, 2.45) is 5.92 Å². The number of ether oxygens (including phenoxy) is 1. The molecule has 1 aliphatic carbocycles. The van der Waals surface area contributed by atoms with Crippen LogP contribution < -0.4 is 5.32 Å². The minimum Gasteiger partial charge on any atom is -0.444 e. The van der Waals surface area contributed by atoms with Gasteiger partial charge in [-0.2, -0.15) is 0 Å². The third-order valence-electron chi connectivity index (χ3n) is 7.12. The van der Waals surface area contributed by atoms with Crippen molar-refractivity contribution in [1.82, 2.24) is 20.1 Å². The van der Waals surface area contributed by atoms with E-state index in [4.69, 9.17) is 4.74 Å². The normalized spacial score (nSPS) is 22.1. The molecule has 1 atom stereocenters. The zero-order chi connectivity index (χ0) is 27.4. The monoisotopic (exact) mass is 524 g/mol. The standard InChI is InChI=1S/C29H37FN4O4/c1-19-18-33(28(37)38-29(2,3)4)14-15-34(19)27(36)20-8-11-24(12-9-20)32-26(35)22-10-13-25(31-17-22)21-6-5-7-23(30)16-21/h5-7,10,13,16-17,19-20,24H,8-9,11-12,14-15,18H2,1-4H3,(H,32,35)/t19-,20-,24-/m1/s1. The smallest absolute Gasteiger partial charge is 0.410 e. The van der Waals surface area contributed by atoms with Crippen molar-refractivity contribution in [2.45, 2.75) is 71.1 Å². The van der Waals surface area contributed by atoms with Crippen LogP contribution in [-0.4, -0.2) is 70.0 Å². The Balaban J connectivity index is 1.24. The van der Waals surface area contributed by atoms with Crippen LogP contribution in [0.4, 0.5) is 9.18 Å². The molecule has 0 radical (unpaired) electrons. The first-order valence-corrected chi connectivity index (χ1v) is 13.3. The highest BCUT2D eigenvalue weighted by molar-refractivity contribution is 5.94. The zero-order valence-corrected chi connectivity index (χ0v) is 22.6. The average molecular weight is 525 g/mol. The Kier molecular flexibility index (Phi) is 8.33. The molecular weight excluding hydrogens is 487 g/mol. The topological polar surface area (TPSA) is 91.8 Å². The van der Waals surface area contributed by atoms with Crippen LogP contribution in [0.5, 0.6) is 0 Å². The van der Waals surface area contributed by atoms with E-state index < -0.39 is 5.60 Å². The van der Waals surface area contributed by atoms with Crippen molar-refractivity contribution in [3.05, 3.63) is 54.0 Å². The van der Waals surface area contributed by atoms with Gasteiger partial charge in [0.2, 0.25) is 5.91 Å². The first-order chi connectivity index (χ1) is 18.0. The Bertz CT molecular complexity index is 1160. The lowest BCUT2D eigenvalue weighted by molar-refractivity contribution is -0.141. The maximum atomic E-state index is 13.5. The van der Waals surface area contributed by atoms with Crippen LogP contribution in [0.1, 0.15) is 63.7 Å². The van der Waals surface area contributed by atoms with Gasteiger partial charge < -0.3 is 19.9 Å². The van der Waals surface area contributed by atoms with Crippen LogP contribution >= 0.6 is 0 Å². The summed E-state index contributed by atoms with van der Waals surface area (Å²) < 4.78 is 19.0. The van der Waals surface area contributed by atoms with Crippen LogP contribution in [0.2, 0.25) is 0 Å². The van der Waals surface area contributed by atoms with Crippen LogP contribution in [-0.2, 0) is 9.53 Å². The van der Waals surface area contributed by atoms with Gasteiger partial charge in [0.1, 0.15) is 11.4 Å². The third-order valence-corrected chi connectivity index (χ3v) is 7.12. The minimum atomic E-state index is -0.551. The summed E-state index contributed by atoms with van der Waals surface area (Å²) in [5.74, 6) is -0.489. The number of amides is 3. The van der Waals surface area contributed by atoms with Crippen molar-refractivity contribution >= 4 is 17.9 Å². The van der Waals surface area contributed by atoms with Gasteiger partial charge in [-0.25, -0.2) is 9.18 Å². The molecule has 1 N–H and O–H groups in total. The van der Waals surface area contributed by atoms with Gasteiger partial charge in [0.15, 0.2) is 0 Å². The molecule has 1 saturated heterocycles. The number of benzene rings is 1. The summed E-state index contributed by atoms with van der Waals surface area (Å²) in [6, 6.07) is 9.49. The number of pyridine rings is 1. The molecule has 38 heavy (non-hydrogen) atoms. The summed E-state index contributed by atoms with van der Waals surface area (Å²) in [4.78, 5) is 46.3. The van der Waals surface area contributed by atoms with E-state index in [1.54, 1.807) is 29.2 Å². The van der Waals surface area contributed by atoms with Gasteiger partial charge >= 0.3 is 6.09 Å². The largest absolute Gasteiger partial charge is 0.444 e. The Morgan fingerprint density at radius 2 is 1.79 bits per heavy atom. The van der Waals surface area contributed by atoms with E-state index in [1.807, 2.05) is 32.6 Å². The number of hydrogen-bond acceptors (Lipinski definition) is 5. The number of rotatable bonds is 4. The van der Waals surface area contributed by atoms with E-state index in [1.165, 1.54) is 18.3 Å². The van der Waals surface area contributed by atoms with E-state index >= 15 is 0 Å².